The first-order valence-corrected chi connectivity index (χ1v) is 10.8. The zero-order valence-electron chi connectivity index (χ0n) is 18.4. The van der Waals surface area contributed by atoms with Crippen molar-refractivity contribution in [1.29, 1.82) is 0 Å². The van der Waals surface area contributed by atoms with Gasteiger partial charge in [-0.1, -0.05) is 10.5 Å². The number of nitrogens with two attached hydrogens (primary N) is 1. The van der Waals surface area contributed by atoms with Gasteiger partial charge < -0.3 is 15.4 Å². The summed E-state index contributed by atoms with van der Waals surface area (Å²) in [6.07, 6.45) is -1.29. The fourth-order valence-electron chi connectivity index (χ4n) is 4.63. The van der Waals surface area contributed by atoms with Crippen molar-refractivity contribution in [2.45, 2.75) is 37.8 Å². The van der Waals surface area contributed by atoms with Crippen molar-refractivity contribution < 1.29 is 36.8 Å². The maximum atomic E-state index is 15.0. The minimum Gasteiger partial charge on any atom is -0.406 e. The number of hydrogen-bond acceptors (Lipinski definition) is 6. The highest BCUT2D eigenvalue weighted by Crippen LogP contribution is 2.48. The van der Waals surface area contributed by atoms with E-state index in [1.54, 1.807) is 6.07 Å². The van der Waals surface area contributed by atoms with Gasteiger partial charge >= 0.3 is 6.36 Å². The predicted octanol–water partition coefficient (Wildman–Crippen LogP) is 2.34. The number of nitrogens with zero attached hydrogens (tertiary/aromatic N) is 5. The molecular weight excluding hydrogens is 488 g/mol. The SMILES string of the molecule is NC(=O)c1nn(CC(=O)N2[C@@H]3C[C@@H]3C[C@H]2C(=O)N(F)c2cccc(OC(F)(F)F)c2)c2ccncc12. The van der Waals surface area contributed by atoms with Gasteiger partial charge in [0.15, 0.2) is 5.69 Å². The number of halogens is 4. The van der Waals surface area contributed by atoms with Gasteiger partial charge in [-0.25, -0.2) is 0 Å². The van der Waals surface area contributed by atoms with Gasteiger partial charge in [0.1, 0.15) is 18.3 Å². The van der Waals surface area contributed by atoms with Crippen molar-refractivity contribution in [3.8, 4) is 5.75 Å². The van der Waals surface area contributed by atoms with Crippen molar-refractivity contribution in [2.24, 2.45) is 11.7 Å². The molecule has 2 fully saturated rings. The molecule has 5 rings (SSSR count). The van der Waals surface area contributed by atoms with Gasteiger partial charge in [0, 0.05) is 24.5 Å². The lowest BCUT2D eigenvalue weighted by Gasteiger charge is -2.28. The number of fused-ring (bicyclic) bond motifs is 2. The van der Waals surface area contributed by atoms with Gasteiger partial charge in [-0.2, -0.15) is 5.10 Å². The monoisotopic (exact) mass is 506 g/mol. The Hall–Kier alpha value is -4.23. The fraction of sp³-hybridized carbons (Fsp3) is 0.318. The Labute approximate surface area is 200 Å². The number of amides is 3. The second kappa shape index (κ2) is 8.46. The largest absolute Gasteiger partial charge is 0.573 e. The van der Waals surface area contributed by atoms with Crippen LogP contribution in [0.5, 0.6) is 5.75 Å². The van der Waals surface area contributed by atoms with Crippen molar-refractivity contribution in [2.75, 3.05) is 5.12 Å². The van der Waals surface area contributed by atoms with Crippen LogP contribution in [0.4, 0.5) is 23.3 Å². The number of anilines is 1. The van der Waals surface area contributed by atoms with Crippen LogP contribution in [-0.4, -0.2) is 55.8 Å². The third-order valence-electron chi connectivity index (χ3n) is 6.22. The molecule has 188 valence electrons. The Morgan fingerprint density at radius 1 is 1.19 bits per heavy atom. The van der Waals surface area contributed by atoms with Gasteiger partial charge in [0.25, 0.3) is 11.8 Å². The molecule has 1 aliphatic carbocycles. The van der Waals surface area contributed by atoms with E-state index in [9.17, 15) is 27.6 Å². The standard InChI is InChI=1S/C22H18F4N6O4/c23-22(24,25)36-13-3-1-2-12(8-13)32(26)21(35)17-7-11-6-16(11)31(17)18(33)10-30-15-4-5-28-9-14(15)19(29-30)20(27)34/h1-5,8-9,11,16-17H,6-7,10H2,(H2,27,34)/t11-,16-,17+/m1/s1. The normalized spacial score (nSPS) is 20.8. The summed E-state index contributed by atoms with van der Waals surface area (Å²) in [5.41, 5.74) is 5.26. The minimum absolute atomic E-state index is 0.0101. The van der Waals surface area contributed by atoms with E-state index >= 15 is 4.48 Å². The van der Waals surface area contributed by atoms with Gasteiger partial charge in [0.05, 0.1) is 16.6 Å². The van der Waals surface area contributed by atoms with Crippen molar-refractivity contribution in [3.63, 3.8) is 0 Å². The molecule has 0 unspecified atom stereocenters. The number of primary amides is 1. The molecule has 3 amide bonds. The van der Waals surface area contributed by atoms with Crippen molar-refractivity contribution in [1.82, 2.24) is 19.7 Å². The highest BCUT2D eigenvalue weighted by Gasteiger charge is 2.57. The van der Waals surface area contributed by atoms with E-state index in [4.69, 9.17) is 5.73 Å². The maximum Gasteiger partial charge on any atom is 0.573 e. The lowest BCUT2D eigenvalue weighted by molar-refractivity contribution is -0.274. The molecule has 1 aliphatic heterocycles. The number of benzene rings is 1. The average Bonchev–Trinajstić information content (AvgIpc) is 3.32. The molecule has 1 saturated heterocycles. The number of hydrogen-bond donors (Lipinski definition) is 1. The lowest BCUT2D eigenvalue weighted by atomic mass is 10.1. The molecule has 10 nitrogen and oxygen atoms in total. The Morgan fingerprint density at radius 2 is 1.97 bits per heavy atom. The van der Waals surface area contributed by atoms with Gasteiger partial charge in [-0.3, -0.25) is 24.0 Å². The molecule has 14 heteroatoms. The molecule has 1 aromatic carbocycles. The number of piperidine rings is 1. The van der Waals surface area contributed by atoms with Crippen LogP contribution in [0.25, 0.3) is 10.9 Å². The molecule has 2 aromatic heterocycles. The third kappa shape index (κ3) is 4.29. The number of carbonyl (C=O) groups is 3. The van der Waals surface area contributed by atoms with E-state index in [0.29, 0.717) is 17.3 Å². The Balaban J connectivity index is 1.37. The number of aromatic nitrogens is 3. The predicted molar refractivity (Wildman–Crippen MR) is 115 cm³/mol. The first-order chi connectivity index (χ1) is 17.0. The summed E-state index contributed by atoms with van der Waals surface area (Å²) in [5, 5.41) is 4.18. The van der Waals surface area contributed by atoms with Gasteiger partial charge in [0.2, 0.25) is 5.91 Å². The van der Waals surface area contributed by atoms with E-state index in [0.717, 1.165) is 24.3 Å². The first-order valence-electron chi connectivity index (χ1n) is 10.8. The zero-order chi connectivity index (χ0) is 25.8. The number of likely N-dealkylation sites (tertiary alicyclic amines) is 1. The average molecular weight is 506 g/mol. The summed E-state index contributed by atoms with van der Waals surface area (Å²) in [7, 11) is 0. The van der Waals surface area contributed by atoms with E-state index in [1.807, 2.05) is 0 Å². The Bertz CT molecular complexity index is 1380. The summed E-state index contributed by atoms with van der Waals surface area (Å²) in [6, 6.07) is 4.06. The topological polar surface area (TPSA) is 124 Å². The van der Waals surface area contributed by atoms with Gasteiger partial charge in [-0.05, 0) is 37.0 Å². The summed E-state index contributed by atoms with van der Waals surface area (Å²) >= 11 is 0. The number of ether oxygens (including phenoxy) is 1. The summed E-state index contributed by atoms with van der Waals surface area (Å²) in [4.78, 5) is 43.2. The summed E-state index contributed by atoms with van der Waals surface area (Å²) in [6.45, 7) is -0.345. The molecule has 1 saturated carbocycles. The molecule has 3 atom stereocenters. The number of rotatable bonds is 6. The van der Waals surface area contributed by atoms with Crippen LogP contribution in [0.1, 0.15) is 23.3 Å². The molecule has 2 N–H and O–H groups in total. The molecule has 0 spiro atoms. The Kier molecular flexibility index (Phi) is 5.53. The smallest absolute Gasteiger partial charge is 0.406 e. The van der Waals surface area contributed by atoms with Crippen LogP contribution in [0.15, 0.2) is 42.7 Å². The lowest BCUT2D eigenvalue weighted by Crippen LogP contribution is -2.48. The molecule has 0 bridgehead atoms. The molecular formula is C22H18F4N6O4. The van der Waals surface area contributed by atoms with Crippen LogP contribution in [0.2, 0.25) is 0 Å². The van der Waals surface area contributed by atoms with E-state index in [-0.39, 0.29) is 35.7 Å². The van der Waals surface area contributed by atoms with E-state index in [2.05, 4.69) is 14.8 Å². The van der Waals surface area contributed by atoms with Crippen LogP contribution in [0, 0.1) is 5.92 Å². The highest BCUT2D eigenvalue weighted by molar-refractivity contribution is 6.04. The van der Waals surface area contributed by atoms with Crippen LogP contribution >= 0.6 is 0 Å². The van der Waals surface area contributed by atoms with Crippen molar-refractivity contribution >= 4 is 34.3 Å². The molecule has 36 heavy (non-hydrogen) atoms. The fourth-order valence-corrected chi connectivity index (χ4v) is 4.63. The second-order valence-corrected chi connectivity index (χ2v) is 8.54. The van der Waals surface area contributed by atoms with Crippen LogP contribution in [0.3, 0.4) is 0 Å². The Morgan fingerprint density at radius 3 is 2.69 bits per heavy atom. The quantitative estimate of drug-likeness (QED) is 0.404. The number of pyridine rings is 1. The van der Waals surface area contributed by atoms with E-state index in [1.165, 1.54) is 22.0 Å². The summed E-state index contributed by atoms with van der Waals surface area (Å²) in [5.74, 6) is -3.11. The number of carbonyl (C=O) groups excluding carboxylic acids is 3. The van der Waals surface area contributed by atoms with Gasteiger partial charge in [-0.15, -0.1) is 18.3 Å². The molecule has 3 heterocycles. The molecule has 0 radical (unpaired) electrons. The second-order valence-electron chi connectivity index (χ2n) is 8.54. The third-order valence-corrected chi connectivity index (χ3v) is 6.22. The maximum absolute atomic E-state index is 15.0. The summed E-state index contributed by atoms with van der Waals surface area (Å²) < 4.78 is 57.6. The zero-order valence-corrected chi connectivity index (χ0v) is 18.4. The van der Waals surface area contributed by atoms with E-state index < -0.39 is 41.6 Å². The van der Waals surface area contributed by atoms with Crippen LogP contribution < -0.4 is 15.6 Å². The molecule has 3 aromatic rings. The van der Waals surface area contributed by atoms with Crippen molar-refractivity contribution in [3.05, 3.63) is 48.4 Å². The van der Waals surface area contributed by atoms with Crippen LogP contribution in [-0.2, 0) is 16.1 Å². The highest BCUT2D eigenvalue weighted by atomic mass is 19.4. The number of alkyl halides is 3. The molecule has 2 aliphatic rings. The first kappa shape index (κ1) is 23.5. The minimum atomic E-state index is -4.99.